The molecule has 0 spiro atoms. The first-order chi connectivity index (χ1) is 7.74. The van der Waals surface area contributed by atoms with Crippen LogP contribution in [0.2, 0.25) is 0 Å². The molecule has 1 aliphatic rings. The predicted molar refractivity (Wildman–Crippen MR) is 61.5 cm³/mol. The molecular weight excluding hydrogens is 225 g/mol. The summed E-state index contributed by atoms with van der Waals surface area (Å²) in [6.45, 7) is 5.35. The van der Waals surface area contributed by atoms with Gasteiger partial charge in [-0.2, -0.15) is 0 Å². The fourth-order valence-electron chi connectivity index (χ4n) is 1.83. The van der Waals surface area contributed by atoms with Crippen molar-refractivity contribution in [1.82, 2.24) is 5.32 Å². The molecule has 0 atom stereocenters. The van der Waals surface area contributed by atoms with E-state index in [1.807, 2.05) is 0 Å². The van der Waals surface area contributed by atoms with Gasteiger partial charge in [0.05, 0.1) is 0 Å². The fourth-order valence-corrected chi connectivity index (χ4v) is 1.83. The van der Waals surface area contributed by atoms with E-state index in [9.17, 15) is 14.0 Å². The number of alkyl carbamates (subject to hydrolysis) is 1. The molecule has 0 aromatic rings. The van der Waals surface area contributed by atoms with Crippen LogP contribution in [0.3, 0.4) is 0 Å². The molecule has 0 aromatic carbocycles. The standard InChI is InChI=1S/C12H20FNO3/c1-11(2,3)17-10(16)14-9-4-6-12(13,8-15)7-5-9/h8-9H,4-7H2,1-3H3,(H,14,16). The number of hydrogen-bond acceptors (Lipinski definition) is 3. The van der Waals surface area contributed by atoms with Gasteiger partial charge >= 0.3 is 6.09 Å². The van der Waals surface area contributed by atoms with Gasteiger partial charge in [0.1, 0.15) is 5.60 Å². The fraction of sp³-hybridized carbons (Fsp3) is 0.833. The van der Waals surface area contributed by atoms with E-state index in [4.69, 9.17) is 4.74 Å². The van der Waals surface area contributed by atoms with E-state index in [-0.39, 0.29) is 18.9 Å². The van der Waals surface area contributed by atoms with Gasteiger partial charge in [0.2, 0.25) is 0 Å². The van der Waals surface area contributed by atoms with Gasteiger partial charge in [0.15, 0.2) is 12.0 Å². The second-order valence-electron chi connectivity index (χ2n) is 5.57. The maximum absolute atomic E-state index is 13.6. The third kappa shape index (κ3) is 4.71. The molecule has 5 heteroatoms. The van der Waals surface area contributed by atoms with Crippen molar-refractivity contribution >= 4 is 12.4 Å². The number of hydrogen-bond donors (Lipinski definition) is 1. The second kappa shape index (κ2) is 5.02. The first kappa shape index (κ1) is 13.9. The molecule has 0 bridgehead atoms. The van der Waals surface area contributed by atoms with E-state index in [1.54, 1.807) is 20.8 Å². The normalized spacial score (nSPS) is 29.5. The molecule has 4 nitrogen and oxygen atoms in total. The number of rotatable bonds is 2. The summed E-state index contributed by atoms with van der Waals surface area (Å²) >= 11 is 0. The van der Waals surface area contributed by atoms with E-state index < -0.39 is 17.4 Å². The van der Waals surface area contributed by atoms with Crippen LogP contribution in [0.4, 0.5) is 9.18 Å². The van der Waals surface area contributed by atoms with E-state index in [0.29, 0.717) is 19.1 Å². The molecule has 0 saturated heterocycles. The first-order valence-corrected chi connectivity index (χ1v) is 5.89. The molecule has 17 heavy (non-hydrogen) atoms. The molecule has 98 valence electrons. The Kier molecular flexibility index (Phi) is 4.11. The SMILES string of the molecule is CC(C)(C)OC(=O)NC1CCC(F)(C=O)CC1. The Morgan fingerprint density at radius 3 is 2.35 bits per heavy atom. The highest BCUT2D eigenvalue weighted by Crippen LogP contribution is 2.30. The second-order valence-corrected chi connectivity index (χ2v) is 5.57. The van der Waals surface area contributed by atoms with E-state index in [2.05, 4.69) is 5.32 Å². The van der Waals surface area contributed by atoms with Crippen LogP contribution in [0.15, 0.2) is 0 Å². The molecule has 0 heterocycles. The van der Waals surface area contributed by atoms with Crippen LogP contribution in [0.25, 0.3) is 0 Å². The van der Waals surface area contributed by atoms with Gasteiger partial charge in [-0.3, -0.25) is 4.79 Å². The van der Waals surface area contributed by atoms with Gasteiger partial charge in [0, 0.05) is 6.04 Å². The number of amides is 1. The summed E-state index contributed by atoms with van der Waals surface area (Å²) < 4.78 is 18.7. The molecule has 0 radical (unpaired) electrons. The minimum atomic E-state index is -1.70. The maximum Gasteiger partial charge on any atom is 0.407 e. The molecule has 1 aliphatic carbocycles. The zero-order valence-corrected chi connectivity index (χ0v) is 10.6. The Morgan fingerprint density at radius 2 is 1.94 bits per heavy atom. The minimum Gasteiger partial charge on any atom is -0.444 e. The number of halogens is 1. The molecular formula is C12H20FNO3. The van der Waals surface area contributed by atoms with Gasteiger partial charge in [0.25, 0.3) is 0 Å². The smallest absolute Gasteiger partial charge is 0.407 e. The lowest BCUT2D eigenvalue weighted by molar-refractivity contribution is -0.119. The van der Waals surface area contributed by atoms with Crippen molar-refractivity contribution in [3.05, 3.63) is 0 Å². The highest BCUT2D eigenvalue weighted by molar-refractivity contribution is 5.68. The summed E-state index contributed by atoms with van der Waals surface area (Å²) in [5, 5.41) is 2.69. The van der Waals surface area contributed by atoms with Crippen molar-refractivity contribution < 1.29 is 18.7 Å². The van der Waals surface area contributed by atoms with E-state index in [0.717, 1.165) is 0 Å². The van der Waals surface area contributed by atoms with Crippen LogP contribution < -0.4 is 5.32 Å². The number of alkyl halides is 1. The zero-order chi connectivity index (χ0) is 13.1. The summed E-state index contributed by atoms with van der Waals surface area (Å²) in [5.41, 5.74) is -2.24. The lowest BCUT2D eigenvalue weighted by Gasteiger charge is -2.31. The van der Waals surface area contributed by atoms with Crippen molar-refractivity contribution in [2.75, 3.05) is 0 Å². The van der Waals surface area contributed by atoms with Crippen molar-refractivity contribution in [3.63, 3.8) is 0 Å². The molecule has 1 rings (SSSR count). The summed E-state index contributed by atoms with van der Waals surface area (Å²) in [5.74, 6) is 0. The predicted octanol–water partition coefficient (Wildman–Crippen LogP) is 2.36. The topological polar surface area (TPSA) is 55.4 Å². The Morgan fingerprint density at radius 1 is 1.41 bits per heavy atom. The summed E-state index contributed by atoms with van der Waals surface area (Å²) in [6.07, 6.45) is 1.15. The van der Waals surface area contributed by atoms with Gasteiger partial charge in [-0.15, -0.1) is 0 Å². The minimum absolute atomic E-state index is 0.103. The van der Waals surface area contributed by atoms with Crippen LogP contribution >= 0.6 is 0 Å². The number of nitrogens with one attached hydrogen (secondary N) is 1. The largest absolute Gasteiger partial charge is 0.444 e. The molecule has 1 fully saturated rings. The third-order valence-corrected chi connectivity index (χ3v) is 2.75. The van der Waals surface area contributed by atoms with Crippen molar-refractivity contribution in [3.8, 4) is 0 Å². The quantitative estimate of drug-likeness (QED) is 0.760. The van der Waals surface area contributed by atoms with Crippen molar-refractivity contribution in [2.24, 2.45) is 0 Å². The molecule has 0 aromatic heterocycles. The van der Waals surface area contributed by atoms with E-state index in [1.165, 1.54) is 0 Å². The first-order valence-electron chi connectivity index (χ1n) is 5.89. The lowest BCUT2D eigenvalue weighted by atomic mass is 9.84. The van der Waals surface area contributed by atoms with Crippen LogP contribution in [-0.4, -0.2) is 29.7 Å². The average molecular weight is 245 g/mol. The number of ether oxygens (including phenoxy) is 1. The highest BCUT2D eigenvalue weighted by Gasteiger charge is 2.35. The van der Waals surface area contributed by atoms with Gasteiger partial charge in [-0.25, -0.2) is 9.18 Å². The van der Waals surface area contributed by atoms with Gasteiger partial charge < -0.3 is 10.1 Å². The van der Waals surface area contributed by atoms with Crippen LogP contribution in [0, 0.1) is 0 Å². The molecule has 1 N–H and O–H groups in total. The highest BCUT2D eigenvalue weighted by atomic mass is 19.1. The molecule has 1 saturated carbocycles. The zero-order valence-electron chi connectivity index (χ0n) is 10.6. The number of carbonyl (C=O) groups excluding carboxylic acids is 2. The number of aldehydes is 1. The average Bonchev–Trinajstić information content (AvgIpc) is 2.19. The van der Waals surface area contributed by atoms with Crippen LogP contribution in [0.1, 0.15) is 46.5 Å². The summed E-state index contributed by atoms with van der Waals surface area (Å²) in [4.78, 5) is 22.0. The Balaban J connectivity index is 2.36. The van der Waals surface area contributed by atoms with Gasteiger partial charge in [-0.05, 0) is 46.5 Å². The number of carbonyl (C=O) groups is 2. The lowest BCUT2D eigenvalue weighted by Crippen LogP contribution is -2.44. The van der Waals surface area contributed by atoms with E-state index >= 15 is 0 Å². The van der Waals surface area contributed by atoms with Gasteiger partial charge in [-0.1, -0.05) is 0 Å². The Bertz CT molecular complexity index is 291. The molecule has 1 amide bonds. The van der Waals surface area contributed by atoms with Crippen LogP contribution in [-0.2, 0) is 9.53 Å². The molecule has 0 aliphatic heterocycles. The Hall–Kier alpha value is -1.13. The third-order valence-electron chi connectivity index (χ3n) is 2.75. The van der Waals surface area contributed by atoms with Crippen LogP contribution in [0.5, 0.6) is 0 Å². The molecule has 0 unspecified atom stereocenters. The van der Waals surface area contributed by atoms with Crippen molar-refractivity contribution in [2.45, 2.75) is 63.8 Å². The van der Waals surface area contributed by atoms with Crippen molar-refractivity contribution in [1.29, 1.82) is 0 Å². The monoisotopic (exact) mass is 245 g/mol. The summed E-state index contributed by atoms with van der Waals surface area (Å²) in [6, 6.07) is -0.103. The maximum atomic E-state index is 13.6. The Labute approximate surface area is 101 Å². The summed E-state index contributed by atoms with van der Waals surface area (Å²) in [7, 11) is 0.